The van der Waals surface area contributed by atoms with Crippen LogP contribution in [0.4, 0.5) is 0 Å². The number of aryl methyl sites for hydroxylation is 1. The van der Waals surface area contributed by atoms with Crippen LogP contribution >= 0.6 is 11.8 Å². The number of hydrogen-bond acceptors (Lipinski definition) is 4. The lowest BCUT2D eigenvalue weighted by molar-refractivity contribution is 0.312. The quantitative estimate of drug-likeness (QED) is 0.734. The molecule has 1 aliphatic carbocycles. The lowest BCUT2D eigenvalue weighted by Crippen LogP contribution is -2.17. The molecule has 2 rings (SSSR count). The van der Waals surface area contributed by atoms with E-state index in [0.717, 1.165) is 42.5 Å². The summed E-state index contributed by atoms with van der Waals surface area (Å²) in [4.78, 5) is 4.58. The molecule has 0 atom stereocenters. The highest BCUT2D eigenvalue weighted by Crippen LogP contribution is 2.22. The Hall–Kier alpha value is -0.740. The molecule has 0 aromatic carbocycles. The van der Waals surface area contributed by atoms with Crippen molar-refractivity contribution in [2.24, 2.45) is 0 Å². The first-order valence-corrected chi connectivity index (χ1v) is 8.00. The smallest absolute Gasteiger partial charge is 0.142 e. The number of nitrogens with one attached hydrogen (secondary N) is 1. The van der Waals surface area contributed by atoms with Gasteiger partial charge in [-0.1, -0.05) is 0 Å². The van der Waals surface area contributed by atoms with Gasteiger partial charge in [-0.15, -0.1) is 0 Å². The third-order valence-corrected chi connectivity index (χ3v) is 3.65. The zero-order valence-electron chi connectivity index (χ0n) is 11.2. The Morgan fingerprint density at radius 3 is 3.00 bits per heavy atom. The maximum Gasteiger partial charge on any atom is 0.142 e. The normalized spacial score (nSPS) is 14.8. The molecule has 1 saturated carbocycles. The third-order valence-electron chi connectivity index (χ3n) is 2.96. The van der Waals surface area contributed by atoms with Crippen molar-refractivity contribution < 1.29 is 4.74 Å². The van der Waals surface area contributed by atoms with E-state index < -0.39 is 0 Å². The number of rotatable bonds is 8. The Labute approximate surface area is 114 Å². The van der Waals surface area contributed by atoms with Crippen LogP contribution in [0.5, 0.6) is 5.75 Å². The molecule has 0 radical (unpaired) electrons. The summed E-state index contributed by atoms with van der Waals surface area (Å²) in [5.41, 5.74) is 2.10. The number of hydrogen-bond donors (Lipinski definition) is 1. The molecule has 0 bridgehead atoms. The highest BCUT2D eigenvalue weighted by Gasteiger charge is 2.21. The van der Waals surface area contributed by atoms with Gasteiger partial charge in [0.15, 0.2) is 0 Å². The molecule has 0 aliphatic heterocycles. The van der Waals surface area contributed by atoms with Crippen LogP contribution in [0.15, 0.2) is 12.1 Å². The second-order valence-electron chi connectivity index (χ2n) is 4.75. The van der Waals surface area contributed by atoms with E-state index >= 15 is 0 Å². The fourth-order valence-electron chi connectivity index (χ4n) is 1.77. The van der Waals surface area contributed by atoms with E-state index in [-0.39, 0.29) is 0 Å². The lowest BCUT2D eigenvalue weighted by Gasteiger charge is -2.12. The van der Waals surface area contributed by atoms with Gasteiger partial charge in [0, 0.05) is 18.3 Å². The zero-order chi connectivity index (χ0) is 12.8. The molecule has 1 fully saturated rings. The van der Waals surface area contributed by atoms with Gasteiger partial charge in [-0.25, -0.2) is 0 Å². The molecule has 1 aliphatic rings. The van der Waals surface area contributed by atoms with Gasteiger partial charge in [0.2, 0.25) is 0 Å². The molecule has 0 amide bonds. The molecule has 0 spiro atoms. The van der Waals surface area contributed by atoms with E-state index in [0.29, 0.717) is 6.04 Å². The van der Waals surface area contributed by atoms with Crippen LogP contribution < -0.4 is 10.1 Å². The van der Waals surface area contributed by atoms with E-state index in [2.05, 4.69) is 16.6 Å². The van der Waals surface area contributed by atoms with Crippen LogP contribution in [-0.4, -0.2) is 29.6 Å². The van der Waals surface area contributed by atoms with Gasteiger partial charge >= 0.3 is 0 Å². The van der Waals surface area contributed by atoms with Gasteiger partial charge < -0.3 is 10.1 Å². The predicted molar refractivity (Wildman–Crippen MR) is 77.3 cm³/mol. The first kappa shape index (κ1) is 13.7. The van der Waals surface area contributed by atoms with Crippen molar-refractivity contribution >= 4 is 11.8 Å². The maximum absolute atomic E-state index is 5.83. The van der Waals surface area contributed by atoms with Gasteiger partial charge in [-0.05, 0) is 50.3 Å². The summed E-state index contributed by atoms with van der Waals surface area (Å²) in [6.45, 7) is 3.63. The average Bonchev–Trinajstić information content (AvgIpc) is 3.18. The molecule has 0 saturated heterocycles. The van der Waals surface area contributed by atoms with Crippen molar-refractivity contribution in [3.8, 4) is 5.75 Å². The van der Waals surface area contributed by atoms with Crippen molar-refractivity contribution in [2.75, 3.05) is 18.6 Å². The van der Waals surface area contributed by atoms with Crippen molar-refractivity contribution in [3.63, 3.8) is 0 Å². The predicted octanol–water partition coefficient (Wildman–Crippen LogP) is 2.77. The second-order valence-corrected chi connectivity index (χ2v) is 5.73. The highest BCUT2D eigenvalue weighted by molar-refractivity contribution is 7.98. The summed E-state index contributed by atoms with van der Waals surface area (Å²) in [5.74, 6) is 2.09. The van der Waals surface area contributed by atoms with Gasteiger partial charge in [0.1, 0.15) is 5.75 Å². The van der Waals surface area contributed by atoms with Crippen LogP contribution in [0.3, 0.4) is 0 Å². The van der Waals surface area contributed by atoms with E-state index in [1.54, 1.807) is 0 Å². The summed E-state index contributed by atoms with van der Waals surface area (Å²) in [7, 11) is 0. The third kappa shape index (κ3) is 4.50. The van der Waals surface area contributed by atoms with Crippen LogP contribution in [0.25, 0.3) is 0 Å². The minimum absolute atomic E-state index is 0.705. The number of thioether (sulfide) groups is 1. The van der Waals surface area contributed by atoms with Crippen molar-refractivity contribution in [2.45, 2.75) is 38.8 Å². The summed E-state index contributed by atoms with van der Waals surface area (Å²) in [6.07, 6.45) is 5.81. The highest BCUT2D eigenvalue weighted by atomic mass is 32.2. The minimum atomic E-state index is 0.705. The topological polar surface area (TPSA) is 34.1 Å². The summed E-state index contributed by atoms with van der Waals surface area (Å²) in [6, 6.07) is 4.77. The minimum Gasteiger partial charge on any atom is -0.492 e. The molecule has 1 aromatic rings. The molecule has 100 valence electrons. The van der Waals surface area contributed by atoms with Crippen molar-refractivity contribution in [1.82, 2.24) is 10.3 Å². The van der Waals surface area contributed by atoms with E-state index in [1.807, 2.05) is 30.8 Å². The van der Waals surface area contributed by atoms with Crippen molar-refractivity contribution in [3.05, 3.63) is 23.5 Å². The Morgan fingerprint density at radius 2 is 2.28 bits per heavy atom. The van der Waals surface area contributed by atoms with E-state index in [4.69, 9.17) is 4.74 Å². The molecule has 3 nitrogen and oxygen atoms in total. The molecular formula is C14H22N2OS. The standard InChI is InChI=1S/C14H22N2OS/c1-11-4-7-14(17-8-3-9-18-2)13(16-11)10-15-12-5-6-12/h4,7,12,15H,3,5-6,8-10H2,1-2H3. The lowest BCUT2D eigenvalue weighted by atomic mass is 10.2. The first-order chi connectivity index (χ1) is 8.79. The zero-order valence-corrected chi connectivity index (χ0v) is 12.1. The number of nitrogens with zero attached hydrogens (tertiary/aromatic N) is 1. The largest absolute Gasteiger partial charge is 0.492 e. The fraction of sp³-hybridized carbons (Fsp3) is 0.643. The van der Waals surface area contributed by atoms with Crippen LogP contribution in [0, 0.1) is 6.92 Å². The van der Waals surface area contributed by atoms with Crippen molar-refractivity contribution in [1.29, 1.82) is 0 Å². The Bertz CT molecular complexity index is 380. The van der Waals surface area contributed by atoms with Gasteiger partial charge in [-0.3, -0.25) is 4.98 Å². The number of ether oxygens (including phenoxy) is 1. The molecule has 4 heteroatoms. The van der Waals surface area contributed by atoms with E-state index in [1.165, 1.54) is 12.8 Å². The Morgan fingerprint density at radius 1 is 1.44 bits per heavy atom. The molecule has 1 N–H and O–H groups in total. The monoisotopic (exact) mass is 266 g/mol. The summed E-state index contributed by atoms with van der Waals surface area (Å²) < 4.78 is 5.83. The SMILES string of the molecule is CSCCCOc1ccc(C)nc1CNC1CC1. The molecule has 1 heterocycles. The molecule has 0 unspecified atom stereocenters. The maximum atomic E-state index is 5.83. The number of pyridine rings is 1. The Kier molecular flexibility index (Phi) is 5.32. The molecular weight excluding hydrogens is 244 g/mol. The molecule has 18 heavy (non-hydrogen) atoms. The van der Waals surface area contributed by atoms with Gasteiger partial charge in [-0.2, -0.15) is 11.8 Å². The fourth-order valence-corrected chi connectivity index (χ4v) is 2.18. The van der Waals surface area contributed by atoms with Gasteiger partial charge in [0.05, 0.1) is 12.3 Å². The van der Waals surface area contributed by atoms with Crippen LogP contribution in [0.2, 0.25) is 0 Å². The Balaban J connectivity index is 1.88. The summed E-state index contributed by atoms with van der Waals surface area (Å²) >= 11 is 1.86. The van der Waals surface area contributed by atoms with Crippen LogP contribution in [0.1, 0.15) is 30.7 Å². The van der Waals surface area contributed by atoms with E-state index in [9.17, 15) is 0 Å². The average molecular weight is 266 g/mol. The second kappa shape index (κ2) is 7.00. The summed E-state index contributed by atoms with van der Waals surface area (Å²) in [5, 5.41) is 3.50. The van der Waals surface area contributed by atoms with Gasteiger partial charge in [0.25, 0.3) is 0 Å². The first-order valence-electron chi connectivity index (χ1n) is 6.61. The molecule has 1 aromatic heterocycles. The van der Waals surface area contributed by atoms with Crippen LogP contribution in [-0.2, 0) is 6.54 Å². The number of aromatic nitrogens is 1.